The Hall–Kier alpha value is -4.13. The number of ether oxygens (including phenoxy) is 1. The van der Waals surface area contributed by atoms with Gasteiger partial charge in [0, 0.05) is 19.6 Å². The van der Waals surface area contributed by atoms with Crippen molar-refractivity contribution in [3.05, 3.63) is 100 Å². The zero-order valence-electron chi connectivity index (χ0n) is 21.9. The molecule has 0 radical (unpaired) electrons. The Morgan fingerprint density at radius 3 is 2.32 bits per heavy atom. The number of hydrogen-bond donors (Lipinski definition) is 2. The maximum Gasteiger partial charge on any atom is 0.260 e. The second kappa shape index (κ2) is 11.1. The van der Waals surface area contributed by atoms with Gasteiger partial charge in [-0.15, -0.1) is 0 Å². The number of H-pyrrole nitrogens is 1. The molecule has 0 saturated carbocycles. The van der Waals surface area contributed by atoms with Crippen molar-refractivity contribution < 1.29 is 9.53 Å². The van der Waals surface area contributed by atoms with Gasteiger partial charge in [0.2, 0.25) is 11.9 Å². The SMILES string of the molecule is CC(C)Oc1ccc2nc(N3CCC(Cc4ccccc4)(C(=O)NCc4ccccc4)CC3)[nH]c(=O)c2c1. The van der Waals surface area contributed by atoms with Crippen LogP contribution in [0.5, 0.6) is 5.75 Å². The quantitative estimate of drug-likeness (QED) is 0.354. The maximum absolute atomic E-state index is 13.7. The molecule has 5 rings (SSSR count). The van der Waals surface area contributed by atoms with Crippen LogP contribution in [-0.2, 0) is 17.8 Å². The molecule has 196 valence electrons. The zero-order chi connectivity index (χ0) is 26.5. The van der Waals surface area contributed by atoms with Crippen molar-refractivity contribution in [2.45, 2.75) is 45.8 Å². The molecule has 1 amide bonds. The number of carbonyl (C=O) groups is 1. The number of amides is 1. The van der Waals surface area contributed by atoms with E-state index in [1.165, 1.54) is 0 Å². The maximum atomic E-state index is 13.7. The normalized spacial score (nSPS) is 15.0. The van der Waals surface area contributed by atoms with Crippen LogP contribution < -0.4 is 20.5 Å². The fraction of sp³-hybridized carbons (Fsp3) is 0.323. The van der Waals surface area contributed by atoms with Gasteiger partial charge in [-0.2, -0.15) is 0 Å². The van der Waals surface area contributed by atoms with E-state index in [9.17, 15) is 9.59 Å². The Kier molecular flexibility index (Phi) is 7.45. The summed E-state index contributed by atoms with van der Waals surface area (Å²) in [7, 11) is 0. The van der Waals surface area contributed by atoms with E-state index in [4.69, 9.17) is 9.72 Å². The summed E-state index contributed by atoms with van der Waals surface area (Å²) in [6.45, 7) is 5.64. The third-order valence-corrected chi connectivity index (χ3v) is 7.22. The number of benzene rings is 3. The molecule has 4 aromatic rings. The molecule has 0 aliphatic carbocycles. The number of nitrogens with zero attached hydrogens (tertiary/aromatic N) is 2. The van der Waals surface area contributed by atoms with Crippen molar-refractivity contribution in [3.63, 3.8) is 0 Å². The first-order chi connectivity index (χ1) is 18.4. The van der Waals surface area contributed by atoms with Crippen LogP contribution in [0.25, 0.3) is 10.9 Å². The number of anilines is 1. The molecule has 1 aliphatic heterocycles. The lowest BCUT2D eigenvalue weighted by Gasteiger charge is -2.41. The number of piperidine rings is 1. The molecule has 2 heterocycles. The second-order valence-corrected chi connectivity index (χ2v) is 10.3. The summed E-state index contributed by atoms with van der Waals surface area (Å²) in [5, 5.41) is 3.70. The average Bonchev–Trinajstić information content (AvgIpc) is 2.93. The fourth-order valence-corrected chi connectivity index (χ4v) is 5.18. The fourth-order valence-electron chi connectivity index (χ4n) is 5.18. The van der Waals surface area contributed by atoms with Gasteiger partial charge in [-0.05, 0) is 62.4 Å². The van der Waals surface area contributed by atoms with Crippen molar-refractivity contribution in [2.75, 3.05) is 18.0 Å². The van der Waals surface area contributed by atoms with Crippen molar-refractivity contribution in [1.82, 2.24) is 15.3 Å². The third-order valence-electron chi connectivity index (χ3n) is 7.22. The molecule has 1 saturated heterocycles. The van der Waals surface area contributed by atoms with E-state index in [2.05, 4.69) is 27.3 Å². The van der Waals surface area contributed by atoms with E-state index in [1.807, 2.05) is 74.5 Å². The highest BCUT2D eigenvalue weighted by atomic mass is 16.5. The van der Waals surface area contributed by atoms with Crippen LogP contribution in [-0.4, -0.2) is 35.1 Å². The summed E-state index contributed by atoms with van der Waals surface area (Å²) in [5.74, 6) is 1.26. The molecule has 1 aliphatic rings. The number of aromatic nitrogens is 2. The molecular formula is C31H34N4O3. The summed E-state index contributed by atoms with van der Waals surface area (Å²) in [6.07, 6.45) is 2.01. The van der Waals surface area contributed by atoms with E-state index in [1.54, 1.807) is 6.07 Å². The van der Waals surface area contributed by atoms with Crippen LogP contribution >= 0.6 is 0 Å². The van der Waals surface area contributed by atoms with Crippen molar-refractivity contribution in [2.24, 2.45) is 5.41 Å². The van der Waals surface area contributed by atoms with E-state index in [0.717, 1.165) is 11.1 Å². The first-order valence-corrected chi connectivity index (χ1v) is 13.2. The summed E-state index contributed by atoms with van der Waals surface area (Å²) in [4.78, 5) is 36.4. The van der Waals surface area contributed by atoms with Crippen molar-refractivity contribution in [1.29, 1.82) is 0 Å². The Balaban J connectivity index is 1.35. The minimum atomic E-state index is -0.535. The largest absolute Gasteiger partial charge is 0.491 e. The molecule has 0 spiro atoms. The summed E-state index contributed by atoms with van der Waals surface area (Å²) in [6, 6.07) is 25.6. The van der Waals surface area contributed by atoms with Gasteiger partial charge in [-0.25, -0.2) is 4.98 Å². The zero-order valence-corrected chi connectivity index (χ0v) is 21.9. The predicted molar refractivity (Wildman–Crippen MR) is 150 cm³/mol. The van der Waals surface area contributed by atoms with Gasteiger partial charge >= 0.3 is 0 Å². The minimum absolute atomic E-state index is 0.0214. The summed E-state index contributed by atoms with van der Waals surface area (Å²) in [5.41, 5.74) is 2.12. The monoisotopic (exact) mass is 510 g/mol. The van der Waals surface area contributed by atoms with Gasteiger partial charge in [0.25, 0.3) is 5.56 Å². The molecule has 0 bridgehead atoms. The molecule has 1 aromatic heterocycles. The number of nitrogens with one attached hydrogen (secondary N) is 2. The average molecular weight is 511 g/mol. The predicted octanol–water partition coefficient (Wildman–Crippen LogP) is 4.86. The van der Waals surface area contributed by atoms with Crippen molar-refractivity contribution in [3.8, 4) is 5.75 Å². The highest BCUT2D eigenvalue weighted by Crippen LogP contribution is 2.37. The molecule has 7 nitrogen and oxygen atoms in total. The molecule has 0 atom stereocenters. The number of carbonyl (C=O) groups excluding carboxylic acids is 1. The summed E-state index contributed by atoms with van der Waals surface area (Å²) >= 11 is 0. The van der Waals surface area contributed by atoms with Gasteiger partial charge in [0.05, 0.1) is 22.4 Å². The van der Waals surface area contributed by atoms with Crippen LogP contribution in [0.3, 0.4) is 0 Å². The number of aromatic amines is 1. The second-order valence-electron chi connectivity index (χ2n) is 10.3. The topological polar surface area (TPSA) is 87.3 Å². The third kappa shape index (κ3) is 5.72. The lowest BCUT2D eigenvalue weighted by atomic mass is 9.73. The van der Waals surface area contributed by atoms with Crippen LogP contribution in [0, 0.1) is 5.41 Å². The molecule has 0 unspecified atom stereocenters. The molecule has 2 N–H and O–H groups in total. The van der Waals surface area contributed by atoms with Crippen LogP contribution in [0.2, 0.25) is 0 Å². The number of hydrogen-bond acceptors (Lipinski definition) is 5. The molecule has 1 fully saturated rings. The van der Waals surface area contributed by atoms with Gasteiger partial charge in [-0.3, -0.25) is 14.6 Å². The van der Waals surface area contributed by atoms with Crippen LogP contribution in [0.4, 0.5) is 5.95 Å². The standard InChI is InChI=1S/C31H34N4O3/c1-22(2)38-25-13-14-27-26(19-25)28(36)34-30(33-27)35-17-15-31(16-18-35,20-23-9-5-3-6-10-23)29(37)32-21-24-11-7-4-8-12-24/h3-14,19,22H,15-18,20-21H2,1-2H3,(H,32,37)(H,33,34,36). The summed E-state index contributed by atoms with van der Waals surface area (Å²) < 4.78 is 5.74. The van der Waals surface area contributed by atoms with Gasteiger partial charge in [-0.1, -0.05) is 60.7 Å². The molecule has 3 aromatic carbocycles. The highest BCUT2D eigenvalue weighted by Gasteiger charge is 2.41. The molecular weight excluding hydrogens is 476 g/mol. The Morgan fingerprint density at radius 2 is 1.66 bits per heavy atom. The first-order valence-electron chi connectivity index (χ1n) is 13.2. The molecule has 7 heteroatoms. The lowest BCUT2D eigenvalue weighted by molar-refractivity contribution is -0.132. The molecule has 38 heavy (non-hydrogen) atoms. The van der Waals surface area contributed by atoms with Crippen molar-refractivity contribution >= 4 is 22.8 Å². The Bertz CT molecular complexity index is 1440. The number of rotatable bonds is 8. The minimum Gasteiger partial charge on any atom is -0.491 e. The van der Waals surface area contributed by atoms with E-state index in [-0.39, 0.29) is 17.6 Å². The highest BCUT2D eigenvalue weighted by molar-refractivity contribution is 5.83. The lowest BCUT2D eigenvalue weighted by Crippen LogP contribution is -2.50. The number of fused-ring (bicyclic) bond motifs is 1. The smallest absolute Gasteiger partial charge is 0.260 e. The van der Waals surface area contributed by atoms with Gasteiger partial charge in [0.1, 0.15) is 5.75 Å². The Morgan fingerprint density at radius 1 is 1.00 bits per heavy atom. The van der Waals surface area contributed by atoms with E-state index < -0.39 is 5.41 Å². The van der Waals surface area contributed by atoms with Crippen LogP contribution in [0.1, 0.15) is 37.8 Å². The van der Waals surface area contributed by atoms with E-state index in [0.29, 0.717) is 61.5 Å². The first kappa shape index (κ1) is 25.5. The van der Waals surface area contributed by atoms with E-state index >= 15 is 0 Å². The van der Waals surface area contributed by atoms with Gasteiger partial charge in [0.15, 0.2) is 0 Å². The Labute approximate surface area is 222 Å². The van der Waals surface area contributed by atoms with Crippen LogP contribution in [0.15, 0.2) is 83.7 Å². The van der Waals surface area contributed by atoms with Gasteiger partial charge < -0.3 is 15.0 Å².